The highest BCUT2D eigenvalue weighted by Gasteiger charge is 2.19. The third-order valence-electron chi connectivity index (χ3n) is 6.35. The van der Waals surface area contributed by atoms with Crippen LogP contribution in [0.5, 0.6) is 0 Å². The number of nitrogens with one attached hydrogen (secondary N) is 4. The number of carbonyl (C=O) groups excluding carboxylic acids is 4. The number of hydrogen-bond acceptors (Lipinski definition) is 10. The van der Waals surface area contributed by atoms with Gasteiger partial charge in [0.2, 0.25) is 0 Å². The van der Waals surface area contributed by atoms with Crippen molar-refractivity contribution >= 4 is 35.5 Å². The molecule has 0 heterocycles. The number of para-hydroxylation sites is 2. The van der Waals surface area contributed by atoms with Crippen LogP contribution < -0.4 is 21.3 Å². The van der Waals surface area contributed by atoms with Crippen molar-refractivity contribution in [3.63, 3.8) is 0 Å². The molecule has 0 spiro atoms. The van der Waals surface area contributed by atoms with E-state index in [0.717, 1.165) is 28.6 Å². The summed E-state index contributed by atoms with van der Waals surface area (Å²) in [6, 6.07) is 25.9. The van der Waals surface area contributed by atoms with Crippen LogP contribution in [0.1, 0.15) is 18.1 Å². The maximum absolute atomic E-state index is 12.6. The average molecular weight is 645 g/mol. The fourth-order valence-electron chi connectivity index (χ4n) is 3.95. The van der Waals surface area contributed by atoms with E-state index in [1.165, 1.54) is 6.92 Å². The molecule has 248 valence electrons. The number of esters is 2. The van der Waals surface area contributed by atoms with Crippen molar-refractivity contribution in [1.29, 1.82) is 0 Å². The van der Waals surface area contributed by atoms with Gasteiger partial charge >= 0.3 is 24.1 Å². The molecule has 0 aromatic heterocycles. The highest BCUT2D eigenvalue weighted by molar-refractivity contribution is 5.87. The molecule has 0 aliphatic rings. The van der Waals surface area contributed by atoms with E-state index in [9.17, 15) is 19.2 Å². The molecular weight excluding hydrogens is 604 g/mol. The molecule has 0 aliphatic heterocycles. The van der Waals surface area contributed by atoms with Crippen LogP contribution in [0.15, 0.2) is 110 Å². The lowest BCUT2D eigenvalue weighted by molar-refractivity contribution is -0.142. The van der Waals surface area contributed by atoms with Gasteiger partial charge in [0.15, 0.2) is 12.2 Å². The molecular formula is C35H40N4O8. The Morgan fingerprint density at radius 2 is 1.17 bits per heavy atom. The van der Waals surface area contributed by atoms with E-state index in [2.05, 4.69) is 34.4 Å². The van der Waals surface area contributed by atoms with Crippen LogP contribution in [0.25, 0.3) is 0 Å². The first kappa shape index (κ1) is 35.7. The van der Waals surface area contributed by atoms with Gasteiger partial charge in [-0.25, -0.2) is 19.2 Å². The van der Waals surface area contributed by atoms with Crippen molar-refractivity contribution in [3.8, 4) is 0 Å². The van der Waals surface area contributed by atoms with E-state index in [-0.39, 0.29) is 45.0 Å². The Kier molecular flexibility index (Phi) is 14.9. The zero-order valence-electron chi connectivity index (χ0n) is 26.2. The minimum absolute atomic E-state index is 0.142. The molecule has 2 unspecified atom stereocenters. The summed E-state index contributed by atoms with van der Waals surface area (Å²) in [5.41, 5.74) is 3.38. The summed E-state index contributed by atoms with van der Waals surface area (Å²) in [5.74, 6) is -1.21. The molecule has 0 bridgehead atoms. The lowest BCUT2D eigenvalue weighted by Gasteiger charge is -2.20. The summed E-state index contributed by atoms with van der Waals surface area (Å²) in [7, 11) is 0. The van der Waals surface area contributed by atoms with Gasteiger partial charge in [0.05, 0.1) is 13.1 Å². The molecule has 3 aromatic carbocycles. The smallest absolute Gasteiger partial charge is 0.407 e. The van der Waals surface area contributed by atoms with Crippen LogP contribution in [0, 0.1) is 0 Å². The predicted octanol–water partition coefficient (Wildman–Crippen LogP) is 4.95. The first-order valence-corrected chi connectivity index (χ1v) is 14.9. The first-order valence-electron chi connectivity index (χ1n) is 14.9. The third kappa shape index (κ3) is 14.2. The van der Waals surface area contributed by atoms with Crippen molar-refractivity contribution in [3.05, 3.63) is 121 Å². The molecule has 47 heavy (non-hydrogen) atoms. The van der Waals surface area contributed by atoms with Gasteiger partial charge in [0.1, 0.15) is 13.2 Å². The molecule has 2 atom stereocenters. The second-order valence-corrected chi connectivity index (χ2v) is 10.3. The number of ether oxygens (including phenoxy) is 4. The van der Waals surface area contributed by atoms with E-state index in [1.807, 2.05) is 78.9 Å². The van der Waals surface area contributed by atoms with Gasteiger partial charge in [-0.2, -0.15) is 0 Å². The second-order valence-electron chi connectivity index (χ2n) is 10.3. The minimum atomic E-state index is -0.771. The lowest BCUT2D eigenvalue weighted by atomic mass is 10.1. The van der Waals surface area contributed by atoms with E-state index < -0.39 is 36.3 Å². The Morgan fingerprint density at radius 3 is 1.62 bits per heavy atom. The highest BCUT2D eigenvalue weighted by Crippen LogP contribution is 2.10. The van der Waals surface area contributed by atoms with E-state index in [1.54, 1.807) is 6.07 Å². The van der Waals surface area contributed by atoms with Crippen LogP contribution in [-0.2, 0) is 41.6 Å². The average Bonchev–Trinajstić information content (AvgIpc) is 3.09. The van der Waals surface area contributed by atoms with Crippen LogP contribution in [0.4, 0.5) is 21.0 Å². The number of hydrogen-bond donors (Lipinski definition) is 4. The SMILES string of the molecule is C=CC(=O)OCC(CNc1ccccc1)OC(=O)NCc1cccc(CNC(=O)OC(CNc2ccccc2)COC(=O)C(=C)C)c1. The van der Waals surface area contributed by atoms with Gasteiger partial charge in [0.25, 0.3) is 0 Å². The topological polar surface area (TPSA) is 153 Å². The van der Waals surface area contributed by atoms with Gasteiger partial charge in [-0.15, -0.1) is 0 Å². The number of benzene rings is 3. The summed E-state index contributed by atoms with van der Waals surface area (Å²) in [6.07, 6.45) is -1.90. The normalized spacial score (nSPS) is 11.5. The van der Waals surface area contributed by atoms with Gasteiger partial charge in [-0.1, -0.05) is 73.8 Å². The molecule has 0 fully saturated rings. The molecule has 0 saturated carbocycles. The minimum Gasteiger partial charge on any atom is -0.459 e. The Morgan fingerprint density at radius 1 is 0.702 bits per heavy atom. The molecule has 3 rings (SSSR count). The zero-order chi connectivity index (χ0) is 33.9. The maximum atomic E-state index is 12.6. The summed E-state index contributed by atoms with van der Waals surface area (Å²) < 4.78 is 21.3. The highest BCUT2D eigenvalue weighted by atomic mass is 16.6. The molecule has 12 heteroatoms. The summed E-state index contributed by atoms with van der Waals surface area (Å²) in [4.78, 5) is 48.7. The van der Waals surface area contributed by atoms with Gasteiger partial charge in [-0.3, -0.25) is 0 Å². The van der Waals surface area contributed by atoms with E-state index in [4.69, 9.17) is 18.9 Å². The van der Waals surface area contributed by atoms with Gasteiger partial charge in [0, 0.05) is 36.1 Å². The zero-order valence-corrected chi connectivity index (χ0v) is 26.2. The van der Waals surface area contributed by atoms with Crippen molar-refractivity contribution < 1.29 is 38.1 Å². The standard InChI is InChI=1S/C35H40N4O8/c1-4-32(40)44-23-30(21-36-28-14-7-5-8-15-28)46-34(42)38-19-26-12-11-13-27(18-26)20-39-35(43)47-31(24-45-33(41)25(2)3)22-37-29-16-9-6-10-17-29/h4-18,30-31,36-37H,1-2,19-24H2,3H3,(H,38,42)(H,39,43). The Balaban J connectivity index is 1.49. The molecule has 0 saturated heterocycles. The summed E-state index contributed by atoms with van der Waals surface area (Å²) in [6.45, 7) is 8.85. The lowest BCUT2D eigenvalue weighted by Crippen LogP contribution is -2.36. The molecule has 12 nitrogen and oxygen atoms in total. The number of carbonyl (C=O) groups is 4. The number of anilines is 2. The third-order valence-corrected chi connectivity index (χ3v) is 6.35. The summed E-state index contributed by atoms with van der Waals surface area (Å²) in [5, 5.41) is 11.7. The van der Waals surface area contributed by atoms with Crippen molar-refractivity contribution in [1.82, 2.24) is 10.6 Å². The fourth-order valence-corrected chi connectivity index (χ4v) is 3.95. The van der Waals surface area contributed by atoms with Crippen LogP contribution in [0.2, 0.25) is 0 Å². The van der Waals surface area contributed by atoms with E-state index in [0.29, 0.717) is 0 Å². The Hall–Kier alpha value is -5.78. The van der Waals surface area contributed by atoms with Crippen LogP contribution in [-0.4, -0.2) is 62.6 Å². The molecule has 2 amide bonds. The quantitative estimate of drug-likeness (QED) is 0.0850. The Labute approximate surface area is 274 Å². The van der Waals surface area contributed by atoms with Gasteiger partial charge < -0.3 is 40.2 Å². The second kappa shape index (κ2) is 19.6. The maximum Gasteiger partial charge on any atom is 0.407 e. The van der Waals surface area contributed by atoms with Crippen molar-refractivity contribution in [2.75, 3.05) is 36.9 Å². The molecule has 3 aromatic rings. The van der Waals surface area contributed by atoms with Crippen molar-refractivity contribution in [2.24, 2.45) is 0 Å². The van der Waals surface area contributed by atoms with Crippen LogP contribution >= 0.6 is 0 Å². The monoisotopic (exact) mass is 644 g/mol. The first-order chi connectivity index (χ1) is 22.7. The Bertz CT molecular complexity index is 1480. The van der Waals surface area contributed by atoms with E-state index >= 15 is 0 Å². The van der Waals surface area contributed by atoms with Crippen molar-refractivity contribution in [2.45, 2.75) is 32.2 Å². The molecule has 4 N–H and O–H groups in total. The van der Waals surface area contributed by atoms with Crippen LogP contribution in [0.3, 0.4) is 0 Å². The number of rotatable bonds is 18. The van der Waals surface area contributed by atoms with Gasteiger partial charge in [-0.05, 0) is 42.3 Å². The summed E-state index contributed by atoms with van der Waals surface area (Å²) >= 11 is 0. The largest absolute Gasteiger partial charge is 0.459 e. The molecule has 0 radical (unpaired) electrons. The predicted molar refractivity (Wildman–Crippen MR) is 177 cm³/mol. The molecule has 0 aliphatic carbocycles. The number of amides is 2. The fraction of sp³-hybridized carbons (Fsp3) is 0.257. The number of alkyl carbamates (subject to hydrolysis) is 2.